The second kappa shape index (κ2) is 4.31. The first kappa shape index (κ1) is 9.98. The maximum absolute atomic E-state index is 11.9. The van der Waals surface area contributed by atoms with Crippen LogP contribution in [0.25, 0.3) is 0 Å². The summed E-state index contributed by atoms with van der Waals surface area (Å²) in [6.07, 6.45) is 3.28. The number of rotatable bonds is 1. The smallest absolute Gasteiger partial charge is 0.256 e. The Morgan fingerprint density at radius 3 is 3.07 bits per heavy atom. The Labute approximate surface area is 95.0 Å². The van der Waals surface area contributed by atoms with Gasteiger partial charge in [-0.2, -0.15) is 0 Å². The van der Waals surface area contributed by atoms with Gasteiger partial charge in [0.1, 0.15) is 0 Å². The number of amides is 1. The number of halogens is 1. The lowest BCUT2D eigenvalue weighted by Crippen LogP contribution is -2.27. The predicted molar refractivity (Wildman–Crippen MR) is 60.3 cm³/mol. The summed E-state index contributed by atoms with van der Waals surface area (Å²) in [6, 6.07) is 1.80. The van der Waals surface area contributed by atoms with E-state index in [9.17, 15) is 4.79 Å². The number of hydrogen-bond donors (Lipinski definition) is 0. The molecule has 0 radical (unpaired) electrons. The van der Waals surface area contributed by atoms with Crippen molar-refractivity contribution in [2.75, 3.05) is 18.2 Å². The summed E-state index contributed by atoms with van der Waals surface area (Å²) in [5, 5.41) is 0. The molecule has 1 aliphatic rings. The second-order valence-corrected chi connectivity index (χ2v) is 4.99. The first-order valence-corrected chi connectivity index (χ1v) is 6.20. The lowest BCUT2D eigenvalue weighted by molar-refractivity contribution is 0.0802. The number of aromatic nitrogens is 1. The summed E-state index contributed by atoms with van der Waals surface area (Å²) in [7, 11) is 0. The summed E-state index contributed by atoms with van der Waals surface area (Å²) < 4.78 is 0.843. The SMILES string of the molecule is O=C(c1cncc(Br)c1)N1CCSC1. The van der Waals surface area contributed by atoms with Crippen molar-refractivity contribution in [2.45, 2.75) is 0 Å². The number of thioether (sulfide) groups is 1. The molecule has 0 spiro atoms. The fourth-order valence-corrected chi connectivity index (χ4v) is 2.60. The fraction of sp³-hybridized carbons (Fsp3) is 0.333. The molecule has 1 amide bonds. The standard InChI is InChI=1S/C9H9BrN2OS/c10-8-3-7(4-11-5-8)9(13)12-1-2-14-6-12/h3-5H,1-2,6H2. The van der Waals surface area contributed by atoms with Crippen LogP contribution >= 0.6 is 27.7 Å². The minimum absolute atomic E-state index is 0.0730. The molecule has 14 heavy (non-hydrogen) atoms. The third kappa shape index (κ3) is 2.09. The van der Waals surface area contributed by atoms with Crippen LogP contribution in [-0.2, 0) is 0 Å². The van der Waals surface area contributed by atoms with Crippen molar-refractivity contribution in [3.63, 3.8) is 0 Å². The van der Waals surface area contributed by atoms with E-state index < -0.39 is 0 Å². The lowest BCUT2D eigenvalue weighted by atomic mass is 10.2. The molecule has 2 heterocycles. The lowest BCUT2D eigenvalue weighted by Gasteiger charge is -2.13. The van der Waals surface area contributed by atoms with E-state index in [2.05, 4.69) is 20.9 Å². The second-order valence-electron chi connectivity index (χ2n) is 3.00. The number of hydrogen-bond acceptors (Lipinski definition) is 3. The van der Waals surface area contributed by atoms with Gasteiger partial charge in [0, 0.05) is 29.2 Å². The average Bonchev–Trinajstić information content (AvgIpc) is 2.69. The van der Waals surface area contributed by atoms with E-state index in [1.54, 1.807) is 30.2 Å². The Kier molecular flexibility index (Phi) is 3.08. The Morgan fingerprint density at radius 2 is 2.43 bits per heavy atom. The molecule has 3 nitrogen and oxygen atoms in total. The van der Waals surface area contributed by atoms with Gasteiger partial charge in [-0.15, -0.1) is 11.8 Å². The third-order valence-electron chi connectivity index (χ3n) is 1.99. The van der Waals surface area contributed by atoms with Crippen LogP contribution < -0.4 is 0 Å². The molecule has 0 aromatic carbocycles. The molecule has 0 N–H and O–H groups in total. The average molecular weight is 273 g/mol. The zero-order valence-corrected chi connectivity index (χ0v) is 9.84. The largest absolute Gasteiger partial charge is 0.329 e. The summed E-state index contributed by atoms with van der Waals surface area (Å²) in [4.78, 5) is 17.7. The summed E-state index contributed by atoms with van der Waals surface area (Å²) in [5.74, 6) is 1.90. The van der Waals surface area contributed by atoms with E-state index in [1.165, 1.54) is 0 Å². The van der Waals surface area contributed by atoms with Crippen LogP contribution in [0.3, 0.4) is 0 Å². The van der Waals surface area contributed by atoms with Gasteiger partial charge in [-0.05, 0) is 22.0 Å². The molecule has 1 aromatic heterocycles. The minimum atomic E-state index is 0.0730. The van der Waals surface area contributed by atoms with Crippen molar-refractivity contribution in [1.82, 2.24) is 9.88 Å². The van der Waals surface area contributed by atoms with Gasteiger partial charge < -0.3 is 4.90 Å². The van der Waals surface area contributed by atoms with Crippen LogP contribution in [0.15, 0.2) is 22.9 Å². The number of carbonyl (C=O) groups excluding carboxylic acids is 1. The molecule has 0 bridgehead atoms. The number of pyridine rings is 1. The molecule has 1 saturated heterocycles. The molecule has 2 rings (SSSR count). The topological polar surface area (TPSA) is 33.2 Å². The first-order valence-electron chi connectivity index (χ1n) is 4.25. The van der Waals surface area contributed by atoms with Gasteiger partial charge in [-0.1, -0.05) is 0 Å². The van der Waals surface area contributed by atoms with Crippen molar-refractivity contribution in [3.8, 4) is 0 Å². The molecule has 1 aromatic rings. The van der Waals surface area contributed by atoms with Crippen LogP contribution in [0.2, 0.25) is 0 Å². The zero-order chi connectivity index (χ0) is 9.97. The van der Waals surface area contributed by atoms with Gasteiger partial charge >= 0.3 is 0 Å². The summed E-state index contributed by atoms with van der Waals surface area (Å²) >= 11 is 5.08. The number of carbonyl (C=O) groups is 1. The zero-order valence-electron chi connectivity index (χ0n) is 7.44. The van der Waals surface area contributed by atoms with Gasteiger partial charge in [0.2, 0.25) is 0 Å². The van der Waals surface area contributed by atoms with E-state index in [0.717, 1.165) is 22.6 Å². The van der Waals surface area contributed by atoms with Crippen molar-refractivity contribution in [2.24, 2.45) is 0 Å². The van der Waals surface area contributed by atoms with Gasteiger partial charge in [0.25, 0.3) is 5.91 Å². The highest BCUT2D eigenvalue weighted by atomic mass is 79.9. The molecular weight excluding hydrogens is 264 g/mol. The normalized spacial score (nSPS) is 15.9. The van der Waals surface area contributed by atoms with Crippen LogP contribution in [0.4, 0.5) is 0 Å². The first-order chi connectivity index (χ1) is 6.77. The maximum Gasteiger partial charge on any atom is 0.256 e. The molecule has 74 valence electrons. The molecule has 0 aliphatic carbocycles. The minimum Gasteiger partial charge on any atom is -0.329 e. The molecule has 1 aliphatic heterocycles. The van der Waals surface area contributed by atoms with Gasteiger partial charge in [0.05, 0.1) is 11.4 Å². The highest BCUT2D eigenvalue weighted by molar-refractivity contribution is 9.10. The van der Waals surface area contributed by atoms with Gasteiger partial charge in [0.15, 0.2) is 0 Å². The van der Waals surface area contributed by atoms with Crippen LogP contribution in [-0.4, -0.2) is 34.0 Å². The monoisotopic (exact) mass is 272 g/mol. The van der Waals surface area contributed by atoms with Crippen molar-refractivity contribution < 1.29 is 4.79 Å². The Balaban J connectivity index is 2.17. The van der Waals surface area contributed by atoms with Gasteiger partial charge in [-0.25, -0.2) is 0 Å². The fourth-order valence-electron chi connectivity index (χ4n) is 1.29. The molecule has 1 fully saturated rings. The highest BCUT2D eigenvalue weighted by Gasteiger charge is 2.19. The van der Waals surface area contributed by atoms with Crippen molar-refractivity contribution >= 4 is 33.6 Å². The third-order valence-corrected chi connectivity index (χ3v) is 3.39. The Hall–Kier alpha value is -0.550. The Bertz CT molecular complexity index is 352. The van der Waals surface area contributed by atoms with Crippen molar-refractivity contribution in [3.05, 3.63) is 28.5 Å². The van der Waals surface area contributed by atoms with Crippen molar-refractivity contribution in [1.29, 1.82) is 0 Å². The van der Waals surface area contributed by atoms with E-state index >= 15 is 0 Å². The highest BCUT2D eigenvalue weighted by Crippen LogP contribution is 2.17. The Morgan fingerprint density at radius 1 is 1.57 bits per heavy atom. The number of nitrogens with zero attached hydrogens (tertiary/aromatic N) is 2. The van der Waals surface area contributed by atoms with Crippen LogP contribution in [0.5, 0.6) is 0 Å². The quantitative estimate of drug-likeness (QED) is 0.784. The van der Waals surface area contributed by atoms with Crippen LogP contribution in [0.1, 0.15) is 10.4 Å². The summed E-state index contributed by atoms with van der Waals surface area (Å²) in [5.41, 5.74) is 0.655. The van der Waals surface area contributed by atoms with E-state index in [4.69, 9.17) is 0 Å². The van der Waals surface area contributed by atoms with E-state index in [1.807, 2.05) is 4.90 Å². The molecule has 5 heteroatoms. The molecule has 0 atom stereocenters. The van der Waals surface area contributed by atoms with Gasteiger partial charge in [-0.3, -0.25) is 9.78 Å². The molecule has 0 unspecified atom stereocenters. The molecular formula is C9H9BrN2OS. The maximum atomic E-state index is 11.9. The predicted octanol–water partition coefficient (Wildman–Crippen LogP) is 1.99. The molecule has 0 saturated carbocycles. The van der Waals surface area contributed by atoms with E-state index in [-0.39, 0.29) is 5.91 Å². The van der Waals surface area contributed by atoms with E-state index in [0.29, 0.717) is 5.56 Å². The summed E-state index contributed by atoms with van der Waals surface area (Å²) in [6.45, 7) is 0.843. The van der Waals surface area contributed by atoms with Crippen LogP contribution in [0, 0.1) is 0 Å².